The van der Waals surface area contributed by atoms with Crippen molar-refractivity contribution in [2.24, 2.45) is 11.3 Å². The van der Waals surface area contributed by atoms with Crippen LogP contribution < -0.4 is 0 Å². The van der Waals surface area contributed by atoms with Gasteiger partial charge in [-0.05, 0) is 30.6 Å². The lowest BCUT2D eigenvalue weighted by atomic mass is 9.84. The predicted octanol–water partition coefficient (Wildman–Crippen LogP) is 4.70. The van der Waals surface area contributed by atoms with E-state index in [0.29, 0.717) is 17.7 Å². The Labute approximate surface area is 111 Å². The molecule has 0 aliphatic heterocycles. The van der Waals surface area contributed by atoms with Crippen molar-refractivity contribution in [2.75, 3.05) is 25.0 Å². The molecular weight excluding hydrogens is 243 g/mol. The van der Waals surface area contributed by atoms with E-state index >= 15 is 0 Å². The quantitative estimate of drug-likeness (QED) is 0.412. The maximum absolute atomic E-state index is 6.03. The molecule has 0 amide bonds. The van der Waals surface area contributed by atoms with Crippen molar-refractivity contribution in [3.63, 3.8) is 0 Å². The predicted molar refractivity (Wildman–Crippen MR) is 73.7 cm³/mol. The van der Waals surface area contributed by atoms with E-state index in [0.717, 1.165) is 38.9 Å². The number of halogens is 2. The van der Waals surface area contributed by atoms with Crippen LogP contribution in [0.5, 0.6) is 0 Å². The second-order valence-corrected chi connectivity index (χ2v) is 5.60. The third kappa shape index (κ3) is 6.98. The van der Waals surface area contributed by atoms with Crippen LogP contribution >= 0.6 is 23.2 Å². The molecule has 0 bridgehead atoms. The van der Waals surface area contributed by atoms with E-state index in [2.05, 4.69) is 20.8 Å². The lowest BCUT2D eigenvalue weighted by Crippen LogP contribution is -2.27. The minimum absolute atomic E-state index is 0.0791. The summed E-state index contributed by atoms with van der Waals surface area (Å²) < 4.78 is 5.63. The topological polar surface area (TPSA) is 9.23 Å². The monoisotopic (exact) mass is 268 g/mol. The van der Waals surface area contributed by atoms with Gasteiger partial charge in [-0.2, -0.15) is 0 Å². The van der Waals surface area contributed by atoms with Gasteiger partial charge in [0, 0.05) is 25.0 Å². The van der Waals surface area contributed by atoms with Crippen molar-refractivity contribution in [1.29, 1.82) is 0 Å². The first kappa shape index (κ1) is 16.5. The van der Waals surface area contributed by atoms with Crippen molar-refractivity contribution in [3.05, 3.63) is 0 Å². The lowest BCUT2D eigenvalue weighted by Gasteiger charge is -2.29. The fraction of sp³-hybridized carbons (Fsp3) is 1.00. The van der Waals surface area contributed by atoms with Gasteiger partial charge >= 0.3 is 0 Å². The second-order valence-electron chi connectivity index (χ2n) is 5.06. The van der Waals surface area contributed by atoms with Crippen molar-refractivity contribution >= 4 is 23.2 Å². The average Bonchev–Trinajstić information content (AvgIpc) is 2.27. The summed E-state index contributed by atoms with van der Waals surface area (Å²) in [5.74, 6) is 1.98. The molecule has 0 aromatic heterocycles. The van der Waals surface area contributed by atoms with Crippen LogP contribution in [-0.2, 0) is 4.74 Å². The number of hydrogen-bond acceptors (Lipinski definition) is 1. The largest absolute Gasteiger partial charge is 0.381 e. The standard InChI is InChI=1S/C13H26Cl2O/c1-4-6-13(10-14,11-15)7-9-16-8-5-12(2)3/h12H,4-11H2,1-3H3. The third-order valence-corrected chi connectivity index (χ3v) is 4.10. The van der Waals surface area contributed by atoms with Gasteiger partial charge in [0.2, 0.25) is 0 Å². The molecule has 98 valence electrons. The van der Waals surface area contributed by atoms with Crippen LogP contribution in [0.1, 0.15) is 46.5 Å². The second kappa shape index (κ2) is 9.56. The Morgan fingerprint density at radius 2 is 1.69 bits per heavy atom. The number of ether oxygens (including phenoxy) is 1. The molecule has 3 heteroatoms. The van der Waals surface area contributed by atoms with Crippen LogP contribution in [0.2, 0.25) is 0 Å². The van der Waals surface area contributed by atoms with Crippen LogP contribution in [0.25, 0.3) is 0 Å². The summed E-state index contributed by atoms with van der Waals surface area (Å²) in [6, 6.07) is 0. The Kier molecular flexibility index (Phi) is 9.88. The SMILES string of the molecule is CCCC(CCl)(CCl)CCOCCC(C)C. The molecule has 16 heavy (non-hydrogen) atoms. The van der Waals surface area contributed by atoms with E-state index in [1.807, 2.05) is 0 Å². The summed E-state index contributed by atoms with van der Waals surface area (Å²) in [7, 11) is 0. The van der Waals surface area contributed by atoms with Gasteiger partial charge in [0.05, 0.1) is 0 Å². The highest BCUT2D eigenvalue weighted by Crippen LogP contribution is 2.31. The van der Waals surface area contributed by atoms with Crippen LogP contribution in [0.15, 0.2) is 0 Å². The van der Waals surface area contributed by atoms with Gasteiger partial charge in [-0.25, -0.2) is 0 Å². The van der Waals surface area contributed by atoms with E-state index in [9.17, 15) is 0 Å². The van der Waals surface area contributed by atoms with E-state index in [-0.39, 0.29) is 5.41 Å². The Bertz CT molecular complexity index is 156. The molecule has 0 rings (SSSR count). The summed E-state index contributed by atoms with van der Waals surface area (Å²) in [6.45, 7) is 8.23. The van der Waals surface area contributed by atoms with Gasteiger partial charge in [-0.1, -0.05) is 27.2 Å². The van der Waals surface area contributed by atoms with Crippen LogP contribution in [0, 0.1) is 11.3 Å². The molecule has 0 saturated heterocycles. The van der Waals surface area contributed by atoms with Gasteiger partial charge in [0.15, 0.2) is 0 Å². The molecule has 0 aliphatic rings. The molecule has 1 nitrogen and oxygen atoms in total. The highest BCUT2D eigenvalue weighted by molar-refractivity contribution is 6.21. The Morgan fingerprint density at radius 3 is 2.12 bits per heavy atom. The first-order valence-corrected chi connectivity index (χ1v) is 7.37. The third-order valence-electron chi connectivity index (χ3n) is 2.96. The van der Waals surface area contributed by atoms with Crippen molar-refractivity contribution in [3.8, 4) is 0 Å². The number of hydrogen-bond donors (Lipinski definition) is 0. The fourth-order valence-electron chi connectivity index (χ4n) is 1.67. The molecular formula is C13H26Cl2O. The van der Waals surface area contributed by atoms with Crippen molar-refractivity contribution < 1.29 is 4.74 Å². The van der Waals surface area contributed by atoms with Crippen LogP contribution in [0.3, 0.4) is 0 Å². The molecule has 0 aliphatic carbocycles. The van der Waals surface area contributed by atoms with Crippen LogP contribution in [-0.4, -0.2) is 25.0 Å². The summed E-state index contributed by atoms with van der Waals surface area (Å²) in [6.07, 6.45) is 4.33. The molecule has 0 spiro atoms. The first-order valence-electron chi connectivity index (χ1n) is 6.30. The van der Waals surface area contributed by atoms with E-state index in [4.69, 9.17) is 27.9 Å². The van der Waals surface area contributed by atoms with Gasteiger partial charge in [0.1, 0.15) is 0 Å². The average molecular weight is 269 g/mol. The van der Waals surface area contributed by atoms with Gasteiger partial charge in [-0.3, -0.25) is 0 Å². The fourth-order valence-corrected chi connectivity index (χ4v) is 2.49. The summed E-state index contributed by atoms with van der Waals surface area (Å²) in [5.41, 5.74) is 0.0791. The van der Waals surface area contributed by atoms with Gasteiger partial charge in [0.25, 0.3) is 0 Å². The van der Waals surface area contributed by atoms with Gasteiger partial charge < -0.3 is 4.74 Å². The zero-order valence-electron chi connectivity index (χ0n) is 10.9. The highest BCUT2D eigenvalue weighted by Gasteiger charge is 2.26. The number of alkyl halides is 2. The smallest absolute Gasteiger partial charge is 0.0472 e. The Morgan fingerprint density at radius 1 is 1.06 bits per heavy atom. The minimum Gasteiger partial charge on any atom is -0.381 e. The van der Waals surface area contributed by atoms with E-state index in [1.54, 1.807) is 0 Å². The molecule has 0 N–H and O–H groups in total. The van der Waals surface area contributed by atoms with Gasteiger partial charge in [-0.15, -0.1) is 23.2 Å². The molecule has 0 radical (unpaired) electrons. The molecule has 0 atom stereocenters. The maximum atomic E-state index is 6.03. The zero-order valence-corrected chi connectivity index (χ0v) is 12.4. The molecule has 0 saturated carbocycles. The normalized spacial score (nSPS) is 12.4. The first-order chi connectivity index (χ1) is 7.60. The summed E-state index contributed by atoms with van der Waals surface area (Å²) in [5, 5.41) is 0. The minimum atomic E-state index is 0.0791. The van der Waals surface area contributed by atoms with E-state index < -0.39 is 0 Å². The Hall–Kier alpha value is 0.540. The van der Waals surface area contributed by atoms with E-state index in [1.165, 1.54) is 0 Å². The molecule has 0 fully saturated rings. The lowest BCUT2D eigenvalue weighted by molar-refractivity contribution is 0.0949. The molecule has 0 heterocycles. The van der Waals surface area contributed by atoms with Crippen molar-refractivity contribution in [2.45, 2.75) is 46.5 Å². The maximum Gasteiger partial charge on any atom is 0.0472 e. The highest BCUT2D eigenvalue weighted by atomic mass is 35.5. The van der Waals surface area contributed by atoms with Crippen molar-refractivity contribution in [1.82, 2.24) is 0 Å². The Balaban J connectivity index is 3.75. The molecule has 0 unspecified atom stereocenters. The van der Waals surface area contributed by atoms with Crippen LogP contribution in [0.4, 0.5) is 0 Å². The molecule has 0 aromatic rings. The number of rotatable bonds is 10. The summed E-state index contributed by atoms with van der Waals surface area (Å²) >= 11 is 12.1. The summed E-state index contributed by atoms with van der Waals surface area (Å²) in [4.78, 5) is 0. The molecule has 0 aromatic carbocycles. The zero-order chi connectivity index (χ0) is 12.4.